The second-order valence-corrected chi connectivity index (χ2v) is 8.22. The maximum atomic E-state index is 16.0. The molecule has 0 spiro atoms. The summed E-state index contributed by atoms with van der Waals surface area (Å²) in [5, 5.41) is 11.4. The summed E-state index contributed by atoms with van der Waals surface area (Å²) < 4.78 is 42.2. The zero-order chi connectivity index (χ0) is 23.4. The van der Waals surface area contributed by atoms with E-state index in [1.54, 1.807) is 0 Å². The van der Waals surface area contributed by atoms with Gasteiger partial charge in [0.15, 0.2) is 5.82 Å². The van der Waals surface area contributed by atoms with E-state index >= 15 is 4.39 Å². The molecule has 6 rings (SSSR count). The summed E-state index contributed by atoms with van der Waals surface area (Å²) in [4.78, 5) is 15.2. The molecule has 0 saturated carbocycles. The molecule has 2 aromatic carbocycles. The normalized spacial score (nSPS) is 17.6. The van der Waals surface area contributed by atoms with Crippen LogP contribution < -0.4 is 9.64 Å². The van der Waals surface area contributed by atoms with Crippen LogP contribution >= 0.6 is 0 Å². The maximum absolute atomic E-state index is 16.0. The standard InChI is InChI=1S/C25H18F2N4O3/c1-2-16-18(26)4-3-13-9-15(32)10-17(19(13)16)22-21(27)23-20-24(29-12-28-23)31-6-8-33-7-5-14(31)11-34-25(20)30-22/h1,3-4,9-10,12,14,32H,5-8,11H2. The first-order chi connectivity index (χ1) is 16.6. The van der Waals surface area contributed by atoms with Crippen LogP contribution in [-0.2, 0) is 4.74 Å². The molecule has 1 fully saturated rings. The molecular formula is C25H18F2N4O3. The third kappa shape index (κ3) is 3.03. The Morgan fingerprint density at radius 1 is 1.15 bits per heavy atom. The number of aromatic hydroxyl groups is 1. The molecule has 1 saturated heterocycles. The van der Waals surface area contributed by atoms with Crippen molar-refractivity contribution in [2.75, 3.05) is 31.3 Å². The SMILES string of the molecule is C#Cc1c(F)ccc2cc(O)cc(-c3nc4c5c(ncnc5c3F)N3CCOCCC3CO4)c12. The summed E-state index contributed by atoms with van der Waals surface area (Å²) in [6.45, 7) is 1.97. The molecule has 4 aromatic rings. The number of hydrogen-bond acceptors (Lipinski definition) is 7. The lowest BCUT2D eigenvalue weighted by Crippen LogP contribution is -2.39. The number of ether oxygens (including phenoxy) is 2. The van der Waals surface area contributed by atoms with Crippen molar-refractivity contribution in [3.05, 3.63) is 47.8 Å². The van der Waals surface area contributed by atoms with Crippen LogP contribution in [0.5, 0.6) is 11.6 Å². The molecule has 2 aromatic heterocycles. The van der Waals surface area contributed by atoms with E-state index in [0.717, 1.165) is 6.42 Å². The lowest BCUT2D eigenvalue weighted by Gasteiger charge is -2.27. The second-order valence-electron chi connectivity index (χ2n) is 8.22. The summed E-state index contributed by atoms with van der Waals surface area (Å²) in [6, 6.07) is 5.42. The van der Waals surface area contributed by atoms with Crippen molar-refractivity contribution in [1.82, 2.24) is 15.0 Å². The molecule has 0 radical (unpaired) electrons. The highest BCUT2D eigenvalue weighted by atomic mass is 19.1. The summed E-state index contributed by atoms with van der Waals surface area (Å²) in [7, 11) is 0. The quantitative estimate of drug-likeness (QED) is 0.433. The molecular weight excluding hydrogens is 442 g/mol. The van der Waals surface area contributed by atoms with Gasteiger partial charge in [-0.3, -0.25) is 0 Å². The highest BCUT2D eigenvalue weighted by Crippen LogP contribution is 2.42. The molecule has 1 unspecified atom stereocenters. The van der Waals surface area contributed by atoms with Gasteiger partial charge in [0.2, 0.25) is 5.88 Å². The second kappa shape index (κ2) is 7.78. The van der Waals surface area contributed by atoms with Crippen molar-refractivity contribution in [2.45, 2.75) is 12.5 Å². The molecule has 170 valence electrons. The summed E-state index contributed by atoms with van der Waals surface area (Å²) in [5.74, 6) is 1.54. The van der Waals surface area contributed by atoms with Crippen LogP contribution in [0.2, 0.25) is 0 Å². The number of phenolic OH excluding ortho intramolecular Hbond substituents is 1. The Kier molecular flexibility index (Phi) is 4.71. The van der Waals surface area contributed by atoms with E-state index in [-0.39, 0.29) is 45.4 Å². The van der Waals surface area contributed by atoms with Gasteiger partial charge in [0.05, 0.1) is 18.2 Å². The third-order valence-corrected chi connectivity index (χ3v) is 6.32. The number of anilines is 1. The largest absolute Gasteiger partial charge is 0.508 e. The number of aromatic nitrogens is 3. The summed E-state index contributed by atoms with van der Waals surface area (Å²) in [5.41, 5.74) is -0.0204. The first-order valence-corrected chi connectivity index (χ1v) is 10.8. The van der Waals surface area contributed by atoms with E-state index in [1.165, 1.54) is 30.6 Å². The van der Waals surface area contributed by atoms with E-state index in [4.69, 9.17) is 15.9 Å². The Labute approximate surface area is 193 Å². The van der Waals surface area contributed by atoms with Crippen LogP contribution in [0.4, 0.5) is 14.6 Å². The zero-order valence-corrected chi connectivity index (χ0v) is 17.9. The topological polar surface area (TPSA) is 80.6 Å². The highest BCUT2D eigenvalue weighted by molar-refractivity contribution is 6.04. The molecule has 7 nitrogen and oxygen atoms in total. The zero-order valence-electron chi connectivity index (χ0n) is 17.9. The minimum atomic E-state index is -0.741. The Bertz CT molecular complexity index is 1520. The Hall–Kier alpha value is -4.03. The third-order valence-electron chi connectivity index (χ3n) is 6.32. The van der Waals surface area contributed by atoms with Gasteiger partial charge in [0.25, 0.3) is 0 Å². The van der Waals surface area contributed by atoms with Crippen molar-refractivity contribution in [3.8, 4) is 35.2 Å². The van der Waals surface area contributed by atoms with Crippen molar-refractivity contribution in [3.63, 3.8) is 0 Å². The molecule has 0 bridgehead atoms. The van der Waals surface area contributed by atoms with Gasteiger partial charge < -0.3 is 19.5 Å². The minimum absolute atomic E-state index is 0.0194. The molecule has 0 aliphatic carbocycles. The van der Waals surface area contributed by atoms with E-state index in [1.807, 2.05) is 4.90 Å². The molecule has 2 aliphatic heterocycles. The number of rotatable bonds is 1. The fraction of sp³-hybridized carbons (Fsp3) is 0.240. The van der Waals surface area contributed by atoms with E-state index < -0.39 is 11.6 Å². The predicted molar refractivity (Wildman–Crippen MR) is 122 cm³/mol. The molecule has 1 atom stereocenters. The van der Waals surface area contributed by atoms with Crippen molar-refractivity contribution >= 4 is 27.5 Å². The average molecular weight is 460 g/mol. The Morgan fingerprint density at radius 3 is 2.88 bits per heavy atom. The maximum Gasteiger partial charge on any atom is 0.227 e. The fourth-order valence-corrected chi connectivity index (χ4v) is 4.76. The first kappa shape index (κ1) is 20.6. The minimum Gasteiger partial charge on any atom is -0.508 e. The lowest BCUT2D eigenvalue weighted by molar-refractivity contribution is 0.147. The number of nitrogens with zero attached hydrogens (tertiary/aromatic N) is 4. The van der Waals surface area contributed by atoms with Crippen LogP contribution in [0.1, 0.15) is 12.0 Å². The molecule has 1 N–H and O–H groups in total. The van der Waals surface area contributed by atoms with Gasteiger partial charge in [-0.15, -0.1) is 6.42 Å². The number of fused-ring (bicyclic) bond motifs is 3. The van der Waals surface area contributed by atoms with Crippen LogP contribution in [0, 0.1) is 24.0 Å². The van der Waals surface area contributed by atoms with Gasteiger partial charge in [0.1, 0.15) is 46.9 Å². The van der Waals surface area contributed by atoms with Gasteiger partial charge in [-0.2, -0.15) is 0 Å². The van der Waals surface area contributed by atoms with Crippen molar-refractivity contribution < 1.29 is 23.4 Å². The molecule has 0 amide bonds. The smallest absolute Gasteiger partial charge is 0.227 e. The Morgan fingerprint density at radius 2 is 2.03 bits per heavy atom. The van der Waals surface area contributed by atoms with Gasteiger partial charge in [-0.25, -0.2) is 23.7 Å². The van der Waals surface area contributed by atoms with Crippen LogP contribution in [0.25, 0.3) is 32.9 Å². The van der Waals surface area contributed by atoms with Crippen LogP contribution in [0.3, 0.4) is 0 Å². The molecule has 4 heterocycles. The van der Waals surface area contributed by atoms with E-state index in [0.29, 0.717) is 43.0 Å². The van der Waals surface area contributed by atoms with Crippen LogP contribution in [-0.4, -0.2) is 52.5 Å². The number of pyridine rings is 1. The number of halogens is 2. The monoisotopic (exact) mass is 460 g/mol. The summed E-state index contributed by atoms with van der Waals surface area (Å²) in [6.07, 6.45) is 7.61. The summed E-state index contributed by atoms with van der Waals surface area (Å²) >= 11 is 0. The number of phenols is 1. The van der Waals surface area contributed by atoms with Crippen molar-refractivity contribution in [2.24, 2.45) is 0 Å². The molecule has 9 heteroatoms. The first-order valence-electron chi connectivity index (χ1n) is 10.8. The predicted octanol–water partition coefficient (Wildman–Crippen LogP) is 3.80. The van der Waals surface area contributed by atoms with Gasteiger partial charge in [0, 0.05) is 24.1 Å². The van der Waals surface area contributed by atoms with Crippen molar-refractivity contribution in [1.29, 1.82) is 0 Å². The lowest BCUT2D eigenvalue weighted by atomic mass is 9.95. The average Bonchev–Trinajstić information content (AvgIpc) is 3.16. The molecule has 2 aliphatic rings. The van der Waals surface area contributed by atoms with E-state index in [9.17, 15) is 9.50 Å². The Balaban J connectivity index is 1.66. The highest BCUT2D eigenvalue weighted by Gasteiger charge is 2.32. The number of hydrogen-bond donors (Lipinski definition) is 1. The van der Waals surface area contributed by atoms with Gasteiger partial charge in [-0.1, -0.05) is 12.0 Å². The number of terminal acetylenes is 1. The van der Waals surface area contributed by atoms with Gasteiger partial charge >= 0.3 is 0 Å². The van der Waals surface area contributed by atoms with Crippen LogP contribution in [0.15, 0.2) is 30.6 Å². The van der Waals surface area contributed by atoms with E-state index in [2.05, 4.69) is 20.9 Å². The van der Waals surface area contributed by atoms with Gasteiger partial charge in [-0.05, 0) is 30.0 Å². The molecule has 34 heavy (non-hydrogen) atoms. The fourth-order valence-electron chi connectivity index (χ4n) is 4.76. The number of benzene rings is 2.